The van der Waals surface area contributed by atoms with Crippen molar-refractivity contribution >= 4 is 23.4 Å². The van der Waals surface area contributed by atoms with E-state index in [4.69, 9.17) is 17.0 Å². The summed E-state index contributed by atoms with van der Waals surface area (Å²) in [6, 6.07) is 0. The molecule has 3 heterocycles. The third kappa shape index (κ3) is 2.07. The third-order valence-corrected chi connectivity index (χ3v) is 3.52. The molecule has 0 saturated carbocycles. The minimum absolute atomic E-state index is 0.497. The third-order valence-electron chi connectivity index (χ3n) is 3.20. The Kier molecular flexibility index (Phi) is 3.23. The molecule has 0 fully saturated rings. The minimum atomic E-state index is 0.497. The number of nitrogens with one attached hydrogen (secondary N) is 1. The Morgan fingerprint density at radius 1 is 1.35 bits per heavy atom. The summed E-state index contributed by atoms with van der Waals surface area (Å²) in [5, 5.41) is 0. The van der Waals surface area contributed by atoms with Gasteiger partial charge < -0.3 is 18.9 Å². The van der Waals surface area contributed by atoms with Gasteiger partial charge in [0.25, 0.3) is 0 Å². The largest absolute Gasteiger partial charge is 0.479 e. The average molecular weight is 290 g/mol. The van der Waals surface area contributed by atoms with Gasteiger partial charge in [0.2, 0.25) is 5.88 Å². The fraction of sp³-hybridized carbons (Fsp3) is 0.333. The fourth-order valence-corrected chi connectivity index (χ4v) is 2.44. The van der Waals surface area contributed by atoms with Gasteiger partial charge in [0.05, 0.1) is 7.11 Å². The predicted molar refractivity (Wildman–Crippen MR) is 76.2 cm³/mol. The maximum absolute atomic E-state index is 5.34. The molecule has 0 aromatic carbocycles. The highest BCUT2D eigenvalue weighted by Gasteiger charge is 2.11. The van der Waals surface area contributed by atoms with Gasteiger partial charge in [0, 0.05) is 32.4 Å². The van der Waals surface area contributed by atoms with Crippen molar-refractivity contribution in [3.8, 4) is 5.88 Å². The molecule has 0 amide bonds. The topological polar surface area (TPSA) is 73.6 Å². The van der Waals surface area contributed by atoms with E-state index in [1.54, 1.807) is 13.3 Å². The monoisotopic (exact) mass is 290 g/mol. The summed E-state index contributed by atoms with van der Waals surface area (Å²) >= 11 is 5.34. The number of imidazole rings is 2. The van der Waals surface area contributed by atoms with Gasteiger partial charge in [-0.3, -0.25) is 0 Å². The maximum Gasteiger partial charge on any atom is 0.242 e. The Labute approximate surface area is 120 Å². The van der Waals surface area contributed by atoms with E-state index in [0.29, 0.717) is 17.2 Å². The molecule has 0 aliphatic rings. The Morgan fingerprint density at radius 3 is 2.90 bits per heavy atom. The quantitative estimate of drug-likeness (QED) is 0.737. The van der Waals surface area contributed by atoms with Crippen molar-refractivity contribution in [2.75, 3.05) is 7.11 Å². The van der Waals surface area contributed by atoms with Crippen LogP contribution in [-0.2, 0) is 20.0 Å². The van der Waals surface area contributed by atoms with E-state index in [1.165, 1.54) is 6.33 Å². The minimum Gasteiger partial charge on any atom is -0.479 e. The van der Waals surface area contributed by atoms with Crippen molar-refractivity contribution in [2.45, 2.75) is 13.0 Å². The molecule has 3 aromatic heterocycles. The van der Waals surface area contributed by atoms with Crippen LogP contribution in [0.5, 0.6) is 5.88 Å². The Balaban J connectivity index is 1.98. The van der Waals surface area contributed by atoms with Gasteiger partial charge in [-0.05, 0) is 12.2 Å². The molecular formula is C12H14N6OS. The lowest BCUT2D eigenvalue weighted by Gasteiger charge is -2.04. The Hall–Kier alpha value is -2.22. The van der Waals surface area contributed by atoms with Crippen LogP contribution < -0.4 is 4.74 Å². The highest BCUT2D eigenvalue weighted by molar-refractivity contribution is 7.71. The lowest BCUT2D eigenvalue weighted by atomic mass is 10.4. The summed E-state index contributed by atoms with van der Waals surface area (Å²) in [5.74, 6) is 1.50. The van der Waals surface area contributed by atoms with Gasteiger partial charge >= 0.3 is 0 Å². The van der Waals surface area contributed by atoms with Crippen molar-refractivity contribution in [1.82, 2.24) is 29.1 Å². The van der Waals surface area contributed by atoms with E-state index >= 15 is 0 Å². The first-order valence-corrected chi connectivity index (χ1v) is 6.55. The second-order valence-electron chi connectivity index (χ2n) is 4.37. The van der Waals surface area contributed by atoms with E-state index in [1.807, 2.05) is 22.4 Å². The Bertz CT molecular complexity index is 802. The number of ether oxygens (including phenoxy) is 1. The van der Waals surface area contributed by atoms with E-state index in [-0.39, 0.29) is 0 Å². The zero-order chi connectivity index (χ0) is 14.1. The van der Waals surface area contributed by atoms with Crippen LogP contribution in [0.15, 0.2) is 18.7 Å². The second-order valence-corrected chi connectivity index (χ2v) is 4.75. The van der Waals surface area contributed by atoms with Crippen LogP contribution in [0.3, 0.4) is 0 Å². The summed E-state index contributed by atoms with van der Waals surface area (Å²) in [7, 11) is 3.55. The van der Waals surface area contributed by atoms with Crippen molar-refractivity contribution < 1.29 is 4.74 Å². The van der Waals surface area contributed by atoms with Crippen LogP contribution >= 0.6 is 12.2 Å². The van der Waals surface area contributed by atoms with Crippen LogP contribution in [0.25, 0.3) is 11.2 Å². The van der Waals surface area contributed by atoms with Crippen molar-refractivity contribution in [3.05, 3.63) is 29.3 Å². The molecule has 0 aliphatic carbocycles. The molecule has 3 rings (SSSR count). The van der Waals surface area contributed by atoms with Gasteiger partial charge in [0.15, 0.2) is 10.4 Å². The number of fused-ring (bicyclic) bond motifs is 1. The number of hydrogen-bond donors (Lipinski definition) is 1. The normalized spacial score (nSPS) is 11.1. The van der Waals surface area contributed by atoms with Crippen LogP contribution in [-0.4, -0.2) is 36.2 Å². The molecule has 0 radical (unpaired) electrons. The maximum atomic E-state index is 5.34. The fourth-order valence-electron chi connectivity index (χ4n) is 2.16. The van der Waals surface area contributed by atoms with Crippen molar-refractivity contribution in [1.29, 1.82) is 0 Å². The smallest absolute Gasteiger partial charge is 0.242 e. The SMILES string of the molecule is COc1ncnc2c1[nH]c(=S)n2CCc1nccn1C. The molecule has 104 valence electrons. The molecule has 0 atom stereocenters. The molecule has 3 aromatic rings. The molecule has 0 unspecified atom stereocenters. The van der Waals surface area contributed by atoms with Gasteiger partial charge in [-0.2, -0.15) is 4.98 Å². The number of H-pyrrole nitrogens is 1. The average Bonchev–Trinajstić information content (AvgIpc) is 2.99. The standard InChI is InChI=1S/C12H14N6OS/c1-17-6-4-13-8(17)3-5-18-10-9(16-12(18)20)11(19-2)15-7-14-10/h4,6-7H,3,5H2,1-2H3,(H,16,20). The first-order valence-electron chi connectivity index (χ1n) is 6.14. The molecule has 0 bridgehead atoms. The van der Waals surface area contributed by atoms with Gasteiger partial charge in [-0.15, -0.1) is 0 Å². The zero-order valence-corrected chi connectivity index (χ0v) is 12.0. The van der Waals surface area contributed by atoms with E-state index in [2.05, 4.69) is 19.9 Å². The van der Waals surface area contributed by atoms with Crippen molar-refractivity contribution in [3.63, 3.8) is 0 Å². The van der Waals surface area contributed by atoms with Crippen LogP contribution in [0, 0.1) is 4.77 Å². The summed E-state index contributed by atoms with van der Waals surface area (Å²) in [6.45, 7) is 0.698. The molecule has 20 heavy (non-hydrogen) atoms. The summed E-state index contributed by atoms with van der Waals surface area (Å²) in [4.78, 5) is 15.7. The number of aromatic amines is 1. The highest BCUT2D eigenvalue weighted by atomic mass is 32.1. The molecular weight excluding hydrogens is 276 g/mol. The lowest BCUT2D eigenvalue weighted by Crippen LogP contribution is -2.06. The van der Waals surface area contributed by atoms with E-state index < -0.39 is 0 Å². The molecule has 0 spiro atoms. The molecule has 7 nitrogen and oxygen atoms in total. The first-order chi connectivity index (χ1) is 9.70. The molecule has 8 heteroatoms. The summed E-state index contributed by atoms with van der Waals surface area (Å²) in [5.41, 5.74) is 1.47. The summed E-state index contributed by atoms with van der Waals surface area (Å²) < 4.78 is 9.74. The molecule has 1 N–H and O–H groups in total. The number of aryl methyl sites for hydroxylation is 3. The second kappa shape index (κ2) is 5.04. The number of rotatable bonds is 4. The molecule has 0 aliphatic heterocycles. The van der Waals surface area contributed by atoms with Gasteiger partial charge in [-0.25, -0.2) is 9.97 Å². The molecule has 0 saturated heterocycles. The van der Waals surface area contributed by atoms with E-state index in [0.717, 1.165) is 23.4 Å². The van der Waals surface area contributed by atoms with Gasteiger partial charge in [-0.1, -0.05) is 0 Å². The van der Waals surface area contributed by atoms with Gasteiger partial charge in [0.1, 0.15) is 17.7 Å². The Morgan fingerprint density at radius 2 is 2.20 bits per heavy atom. The van der Waals surface area contributed by atoms with Crippen LogP contribution in [0.2, 0.25) is 0 Å². The number of hydrogen-bond acceptors (Lipinski definition) is 5. The zero-order valence-electron chi connectivity index (χ0n) is 11.2. The summed E-state index contributed by atoms with van der Waals surface area (Å²) in [6.07, 6.45) is 5.96. The number of nitrogens with zero attached hydrogens (tertiary/aromatic N) is 5. The number of methoxy groups -OCH3 is 1. The number of aromatic nitrogens is 6. The first kappa shape index (κ1) is 12.8. The van der Waals surface area contributed by atoms with E-state index in [9.17, 15) is 0 Å². The predicted octanol–water partition coefficient (Wildman–Crippen LogP) is 1.47. The lowest BCUT2D eigenvalue weighted by molar-refractivity contribution is 0.401. The van der Waals surface area contributed by atoms with Crippen LogP contribution in [0.4, 0.5) is 0 Å². The van der Waals surface area contributed by atoms with Crippen LogP contribution in [0.1, 0.15) is 5.82 Å². The van der Waals surface area contributed by atoms with Crippen molar-refractivity contribution in [2.24, 2.45) is 7.05 Å². The highest BCUT2D eigenvalue weighted by Crippen LogP contribution is 2.20.